The van der Waals surface area contributed by atoms with Crippen molar-refractivity contribution in [2.45, 2.75) is 134 Å². The number of morpholine rings is 4. The molecule has 4 aromatic heterocycles. The molecular formula is C95H102Br2Cl3F3N16O20S4. The number of carbonyl (C=O) groups excluding carboxylic acids is 5. The molecule has 8 atom stereocenters. The molecule has 8 aliphatic heterocycles. The van der Waals surface area contributed by atoms with Gasteiger partial charge < -0.3 is 79.2 Å². The summed E-state index contributed by atoms with van der Waals surface area (Å²) >= 11 is 31.4. The highest BCUT2D eigenvalue weighted by Gasteiger charge is 2.47. The van der Waals surface area contributed by atoms with Gasteiger partial charge in [-0.1, -0.05) is 90.9 Å². The summed E-state index contributed by atoms with van der Waals surface area (Å²) in [6.07, 6.45) is 6.58. The third-order valence-corrected chi connectivity index (χ3v) is 28.4. The van der Waals surface area contributed by atoms with Crippen LogP contribution in [0.4, 0.5) is 13.2 Å². The highest BCUT2D eigenvalue weighted by molar-refractivity contribution is 9.10. The minimum atomic E-state index is -1.04. The maximum absolute atomic E-state index is 13.9. The standard InChI is InChI=1S/C25H28Cl2N4O5S.C24H26BrFN4O5S.C24H26ClFN4O5S.C22H22BrFN4O5S/c1-5-35-24(33)19-17(11-31-13-25(2,3)36-12-18(31)23(32)34-4)29-21(22-28-8-9-37-22)30-20(19)15-7-6-14(26)10-16(15)27;2*1-4-34-23(33)18-16(10-30-12-24(2,3)35-11-17(30)22(31)32)28-20(21-27-7-8-36-21)29-19(18)14-6-5-13(26)9-15(14)25;1-2-33-22(31)17-15(10-28-6-7-32-11-16(28)21(29)30)26-19(20-25-5-8-34-20)27-18(17)13-4-3-12(24)9-14(13)23/h6-10,18,20H,5,11-13H2,1-4H3,(H,29,30);2*5-9,17,19H,4,10-12H2,1-3H3,(H,28,29)(H,31,32);3-5,8-9,16,18H,2,6-7,10-11H2,1H3,(H,26,27)(H,29,30)/t18-,20?;2*17-,19?;16-,18?/m0000/s1. The summed E-state index contributed by atoms with van der Waals surface area (Å²) in [5, 5.41) is 52.8. The number of hydrogen-bond acceptors (Lipinski definition) is 37. The Morgan fingerprint density at radius 1 is 0.427 bits per heavy atom. The van der Waals surface area contributed by atoms with E-state index in [1.807, 2.05) is 51.8 Å². The van der Waals surface area contributed by atoms with Crippen molar-refractivity contribution in [3.05, 3.63) is 248 Å². The summed E-state index contributed by atoms with van der Waals surface area (Å²) in [5.74, 6) is -5.52. The third-order valence-electron chi connectivity index (χ3n) is 23.0. The van der Waals surface area contributed by atoms with E-state index >= 15 is 0 Å². The number of hydrogen-bond donors (Lipinski definition) is 7. The first kappa shape index (κ1) is 110. The molecule has 0 radical (unpaired) electrons. The molecule has 0 amide bonds. The van der Waals surface area contributed by atoms with Crippen molar-refractivity contribution in [2.24, 2.45) is 20.0 Å². The predicted molar refractivity (Wildman–Crippen MR) is 536 cm³/mol. The second-order valence-corrected chi connectivity index (χ2v) is 41.1. The van der Waals surface area contributed by atoms with Gasteiger partial charge in [-0.15, -0.1) is 45.3 Å². The zero-order valence-electron chi connectivity index (χ0n) is 79.0. The number of halogens is 8. The van der Waals surface area contributed by atoms with E-state index in [0.29, 0.717) is 146 Å². The number of carboxylic acids is 3. The first-order chi connectivity index (χ1) is 68.2. The fourth-order valence-corrected chi connectivity index (χ4v) is 20.9. The fraction of sp³-hybridized carbons (Fsp3) is 0.411. The van der Waals surface area contributed by atoms with Crippen LogP contribution in [0.5, 0.6) is 0 Å². The number of thiazole rings is 4. The molecule has 0 bridgehead atoms. The Bertz CT molecular complexity index is 6110. The molecule has 0 spiro atoms. The quantitative estimate of drug-likeness (QED) is 0.0177. The second-order valence-electron chi connectivity index (χ2n) is 34.6. The molecule has 762 valence electrons. The number of esters is 5. The van der Waals surface area contributed by atoms with E-state index in [2.05, 4.69) is 73.1 Å². The van der Waals surface area contributed by atoms with Crippen LogP contribution in [-0.2, 0) is 81.0 Å². The Hall–Kier alpha value is -10.7. The van der Waals surface area contributed by atoms with Crippen molar-refractivity contribution in [2.75, 3.05) is 119 Å². The molecule has 7 N–H and O–H groups in total. The smallest absolute Gasteiger partial charge is 0.338 e. The van der Waals surface area contributed by atoms with Crippen LogP contribution in [0.1, 0.15) is 136 Å². The number of nitrogens with zero attached hydrogens (tertiary/aromatic N) is 12. The molecule has 36 nitrogen and oxygen atoms in total. The summed E-state index contributed by atoms with van der Waals surface area (Å²) in [5.41, 5.74) is 3.15. The number of aromatic nitrogens is 4. The van der Waals surface area contributed by atoms with E-state index in [1.54, 1.807) is 114 Å². The third kappa shape index (κ3) is 27.4. The number of carboxylic acid groups (broad SMARTS) is 3. The summed E-state index contributed by atoms with van der Waals surface area (Å²) in [4.78, 5) is 145. The maximum Gasteiger partial charge on any atom is 0.338 e. The van der Waals surface area contributed by atoms with Crippen LogP contribution in [0.3, 0.4) is 0 Å². The molecule has 8 aliphatic rings. The van der Waals surface area contributed by atoms with Crippen LogP contribution in [0, 0.1) is 17.5 Å². The lowest BCUT2D eigenvalue weighted by atomic mass is 9.94. The van der Waals surface area contributed by atoms with E-state index in [4.69, 9.17) is 97.4 Å². The lowest BCUT2D eigenvalue weighted by Crippen LogP contribution is -2.58. The largest absolute Gasteiger partial charge is 0.480 e. The van der Waals surface area contributed by atoms with E-state index in [0.717, 1.165) is 6.07 Å². The number of benzene rings is 4. The van der Waals surface area contributed by atoms with Crippen molar-refractivity contribution in [3.8, 4) is 0 Å². The topological polar surface area (TPSA) is 442 Å². The van der Waals surface area contributed by atoms with Gasteiger partial charge in [-0.25, -0.2) is 52.3 Å². The van der Waals surface area contributed by atoms with Crippen molar-refractivity contribution in [3.63, 3.8) is 0 Å². The molecule has 4 saturated heterocycles. The zero-order chi connectivity index (χ0) is 103. The van der Waals surface area contributed by atoms with Crippen LogP contribution in [0.25, 0.3) is 0 Å². The molecule has 0 saturated carbocycles. The van der Waals surface area contributed by atoms with Gasteiger partial charge in [0.15, 0.2) is 43.4 Å². The van der Waals surface area contributed by atoms with Crippen LogP contribution >= 0.6 is 112 Å². The lowest BCUT2D eigenvalue weighted by Gasteiger charge is -2.43. The van der Waals surface area contributed by atoms with E-state index < -0.39 is 130 Å². The first-order valence-electron chi connectivity index (χ1n) is 44.8. The lowest BCUT2D eigenvalue weighted by molar-refractivity contribution is -0.165. The van der Waals surface area contributed by atoms with Gasteiger partial charge in [0, 0.05) is 157 Å². The van der Waals surface area contributed by atoms with E-state index in [-0.39, 0.29) is 101 Å². The molecule has 4 fully saturated rings. The number of amidine groups is 4. The summed E-state index contributed by atoms with van der Waals surface area (Å²) in [7, 11) is 1.34. The number of nitrogens with one attached hydrogen (secondary N) is 4. The SMILES string of the molecule is CCOC(=O)C1=C(CN2CC(C)(C)OC[C@H]2C(=O)O)NC(c2nccs2)=NC1c1ccc(F)cc1Br.CCOC(=O)C1=C(CN2CC(C)(C)OC[C@H]2C(=O)O)NC(c2nccs2)=NC1c1ccc(F)cc1Cl.CCOC(=O)C1=C(CN2CC(C)(C)OC[C@H]2C(=O)OC)NC(c2nccs2)=NC1c1ccc(Cl)cc1Cl.CCOC(=O)C1=C(CN2CCOC[C@H]2C(=O)O)NC(c2nccs2)=NC1c1ccc(F)cc1Br. The number of aliphatic carboxylic acids is 3. The second kappa shape index (κ2) is 49.0. The van der Waals surface area contributed by atoms with Gasteiger partial charge in [0.2, 0.25) is 0 Å². The van der Waals surface area contributed by atoms with Gasteiger partial charge >= 0.3 is 47.8 Å². The Balaban J connectivity index is 0.000000160. The molecule has 143 heavy (non-hydrogen) atoms. The molecule has 0 aliphatic carbocycles. The van der Waals surface area contributed by atoms with Gasteiger partial charge in [0.25, 0.3) is 0 Å². The van der Waals surface area contributed by atoms with Crippen molar-refractivity contribution < 1.29 is 109 Å². The molecule has 12 heterocycles. The Kier molecular flexibility index (Phi) is 37.5. The van der Waals surface area contributed by atoms with E-state index in [1.165, 1.54) is 88.9 Å². The molecular weight excluding hydrogens is 2140 g/mol. The molecule has 4 aromatic carbocycles. The predicted octanol–water partition coefficient (Wildman–Crippen LogP) is 13.7. The summed E-state index contributed by atoms with van der Waals surface area (Å²) in [6.45, 7) is 21.2. The number of methoxy groups -OCH3 is 1. The monoisotopic (exact) mass is 2230 g/mol. The van der Waals surface area contributed by atoms with Gasteiger partial charge in [-0.3, -0.25) is 58.7 Å². The van der Waals surface area contributed by atoms with Gasteiger partial charge in [-0.2, -0.15) is 0 Å². The number of aliphatic imine (C=N–C) groups is 4. The fourth-order valence-electron chi connectivity index (χ4n) is 16.6. The number of rotatable bonds is 28. The Labute approximate surface area is 868 Å². The average Bonchev–Trinajstić information content (AvgIpc) is 1.49. The highest BCUT2D eigenvalue weighted by Crippen LogP contribution is 2.44. The molecule has 8 aromatic rings. The number of ether oxygens (including phenoxy) is 9. The molecule has 48 heteroatoms. The normalized spacial score (nSPS) is 21.8. The maximum atomic E-state index is 13.9. The van der Waals surface area contributed by atoms with Crippen LogP contribution < -0.4 is 21.3 Å². The van der Waals surface area contributed by atoms with Crippen LogP contribution in [0.15, 0.2) is 193 Å². The zero-order valence-corrected chi connectivity index (χ0v) is 87.7. The van der Waals surface area contributed by atoms with Crippen LogP contribution in [0.2, 0.25) is 15.1 Å². The summed E-state index contributed by atoms with van der Waals surface area (Å²) < 4.78 is 91.8. The van der Waals surface area contributed by atoms with Gasteiger partial charge in [0.05, 0.1) is 106 Å². The first-order valence-corrected chi connectivity index (χ1v) is 51.1. The Morgan fingerprint density at radius 3 is 1.02 bits per heavy atom. The van der Waals surface area contributed by atoms with Crippen molar-refractivity contribution in [1.29, 1.82) is 0 Å². The number of carbonyl (C=O) groups is 8. The van der Waals surface area contributed by atoms with Crippen molar-refractivity contribution in [1.82, 2.24) is 60.8 Å². The molecule has 4 unspecified atom stereocenters. The van der Waals surface area contributed by atoms with Crippen molar-refractivity contribution >= 4 is 183 Å². The van der Waals surface area contributed by atoms with Gasteiger partial charge in [-0.05, 0) is 129 Å². The Morgan fingerprint density at radius 2 is 0.720 bits per heavy atom. The van der Waals surface area contributed by atoms with E-state index in [9.17, 15) is 66.8 Å². The summed E-state index contributed by atoms with van der Waals surface area (Å²) in [6, 6.07) is 10.5. The van der Waals surface area contributed by atoms with Crippen LogP contribution in [-0.4, -0.2) is 286 Å². The average molecular weight is 2240 g/mol. The highest BCUT2D eigenvalue weighted by atomic mass is 79.9. The minimum absolute atomic E-state index is 0.00468. The van der Waals surface area contributed by atoms with Gasteiger partial charge in [0.1, 0.15) is 65.8 Å². The molecule has 16 rings (SSSR count). The minimum Gasteiger partial charge on any atom is -0.480 e.